The summed E-state index contributed by atoms with van der Waals surface area (Å²) in [6.07, 6.45) is -0.652. The van der Waals surface area contributed by atoms with E-state index in [0.717, 1.165) is 56.4 Å². The van der Waals surface area contributed by atoms with Crippen molar-refractivity contribution < 1.29 is 36.6 Å². The molecule has 44 heavy (non-hydrogen) atoms. The number of fused-ring (bicyclic) bond motifs is 5. The molecule has 0 bridgehead atoms. The van der Waals surface area contributed by atoms with Crippen LogP contribution in [0.3, 0.4) is 0 Å². The van der Waals surface area contributed by atoms with E-state index in [-0.39, 0.29) is 34.3 Å². The number of carbonyl (C=O) groups excluding carboxylic acids is 1. The Morgan fingerprint density at radius 1 is 1.02 bits per heavy atom. The molecule has 3 aliphatic rings. The minimum Gasteiger partial charge on any atom is -0.508 e. The molecular formula is C34H40BrF5O3S. The van der Waals surface area contributed by atoms with Crippen molar-refractivity contribution in [2.45, 2.75) is 93.5 Å². The number of unbranched alkanes of at least 4 members (excludes halogenated alkanes) is 2. The van der Waals surface area contributed by atoms with Crippen molar-refractivity contribution in [3.63, 3.8) is 0 Å². The van der Waals surface area contributed by atoms with Gasteiger partial charge in [0.05, 0.1) is 11.4 Å². The smallest absolute Gasteiger partial charge is 0.453 e. The van der Waals surface area contributed by atoms with E-state index in [4.69, 9.17) is 4.74 Å². The second-order valence-corrected chi connectivity index (χ2v) is 15.2. The molecule has 2 saturated carbocycles. The van der Waals surface area contributed by atoms with Gasteiger partial charge in [-0.15, -0.1) is 0 Å². The van der Waals surface area contributed by atoms with Crippen LogP contribution in [0.2, 0.25) is 0 Å². The predicted octanol–water partition coefficient (Wildman–Crippen LogP) is 9.84. The van der Waals surface area contributed by atoms with Gasteiger partial charge in [0, 0.05) is 11.8 Å². The van der Waals surface area contributed by atoms with Gasteiger partial charge < -0.3 is 9.84 Å². The third kappa shape index (κ3) is 6.96. The number of aryl methyl sites for hydroxylation is 1. The van der Waals surface area contributed by atoms with Crippen LogP contribution < -0.4 is 4.74 Å². The number of Topliss-reactive ketones (excluding diaryl/α,β-unsaturated/α-hetero) is 1. The van der Waals surface area contributed by atoms with Crippen LogP contribution in [0, 0.1) is 17.3 Å². The Morgan fingerprint density at radius 3 is 2.48 bits per heavy atom. The van der Waals surface area contributed by atoms with Gasteiger partial charge in [-0.25, -0.2) is 0 Å². The lowest BCUT2D eigenvalue weighted by Crippen LogP contribution is -2.46. The number of phenolic OH excluding ortho intramolecular Hbond substituents is 1. The first-order valence-corrected chi connectivity index (χ1v) is 17.6. The molecule has 0 saturated heterocycles. The fourth-order valence-corrected chi connectivity index (χ4v) is 9.78. The molecule has 2 aromatic rings. The first-order valence-electron chi connectivity index (χ1n) is 15.6. The maximum absolute atomic E-state index is 13.4. The summed E-state index contributed by atoms with van der Waals surface area (Å²) >= 11 is 5.09. The highest BCUT2D eigenvalue weighted by Gasteiger charge is 2.60. The van der Waals surface area contributed by atoms with Crippen LogP contribution >= 0.6 is 27.7 Å². The third-order valence-corrected chi connectivity index (χ3v) is 12.1. The zero-order valence-electron chi connectivity index (χ0n) is 24.9. The van der Waals surface area contributed by atoms with Crippen LogP contribution in [0.25, 0.3) is 0 Å². The molecular weight excluding hydrogens is 663 g/mol. The van der Waals surface area contributed by atoms with Crippen LogP contribution in [-0.2, 0) is 11.2 Å². The van der Waals surface area contributed by atoms with E-state index >= 15 is 0 Å². The molecule has 242 valence electrons. The number of phenols is 1. The standard InChI is InChI=1S/C34H40BrF5O3S/c1-32-20-27(30-25-13-9-23(41)18-22(25)8-12-26(30)28(32)19-29(35)31(32)42)21-6-10-24(11-7-21)43-15-3-2-4-16-44-17-5-14-33(36,37)34(38,39)40/h6-7,9-11,13,18,26-30,41H,2-5,8,12,14-17,19-20H2,1H3/t26-,27+,28-,29+,30+,32-/m0/s1. The monoisotopic (exact) mass is 702 g/mol. The van der Waals surface area contributed by atoms with E-state index in [2.05, 4.69) is 41.1 Å². The molecule has 0 aliphatic heterocycles. The maximum atomic E-state index is 13.4. The van der Waals surface area contributed by atoms with Gasteiger partial charge in [0.1, 0.15) is 11.5 Å². The van der Waals surface area contributed by atoms with Gasteiger partial charge >= 0.3 is 12.1 Å². The van der Waals surface area contributed by atoms with Crippen LogP contribution in [0.5, 0.6) is 11.5 Å². The quantitative estimate of drug-likeness (QED) is 0.136. The molecule has 0 heterocycles. The number of rotatable bonds is 12. The lowest BCUT2D eigenvalue weighted by molar-refractivity contribution is -0.284. The average molecular weight is 704 g/mol. The number of halogens is 6. The van der Waals surface area contributed by atoms with E-state index in [1.807, 2.05) is 18.2 Å². The fourth-order valence-electron chi connectivity index (χ4n) is 7.90. The molecule has 0 radical (unpaired) electrons. The van der Waals surface area contributed by atoms with Gasteiger partial charge in [0.15, 0.2) is 5.78 Å². The van der Waals surface area contributed by atoms with Crippen LogP contribution in [0.1, 0.15) is 86.8 Å². The molecule has 0 unspecified atom stereocenters. The second kappa shape index (κ2) is 13.5. The van der Waals surface area contributed by atoms with Crippen molar-refractivity contribution in [3.8, 4) is 11.5 Å². The summed E-state index contributed by atoms with van der Waals surface area (Å²) < 4.78 is 68.5. The Bertz CT molecular complexity index is 1300. The number of alkyl halides is 6. The van der Waals surface area contributed by atoms with E-state index in [0.29, 0.717) is 30.0 Å². The van der Waals surface area contributed by atoms with Crippen LogP contribution in [-0.4, -0.2) is 45.9 Å². The second-order valence-electron chi connectivity index (χ2n) is 12.9. The fraction of sp³-hybridized carbons (Fsp3) is 0.618. The molecule has 6 atom stereocenters. The van der Waals surface area contributed by atoms with Crippen molar-refractivity contribution >= 4 is 33.5 Å². The van der Waals surface area contributed by atoms with Crippen molar-refractivity contribution in [2.24, 2.45) is 17.3 Å². The Kier molecular flexibility index (Phi) is 10.3. The minimum absolute atomic E-state index is 0.0937. The van der Waals surface area contributed by atoms with Crippen molar-refractivity contribution in [2.75, 3.05) is 18.1 Å². The largest absolute Gasteiger partial charge is 0.508 e. The number of aromatic hydroxyl groups is 1. The van der Waals surface area contributed by atoms with Crippen LogP contribution in [0.15, 0.2) is 42.5 Å². The molecule has 5 rings (SSSR count). The summed E-state index contributed by atoms with van der Waals surface area (Å²) in [6, 6.07) is 14.0. The Morgan fingerprint density at radius 2 is 1.75 bits per heavy atom. The van der Waals surface area contributed by atoms with Gasteiger partial charge in [-0.05, 0) is 127 Å². The molecule has 3 nitrogen and oxygen atoms in total. The topological polar surface area (TPSA) is 46.5 Å². The number of thioether (sulfide) groups is 1. The summed E-state index contributed by atoms with van der Waals surface area (Å²) in [7, 11) is 0. The first-order chi connectivity index (χ1) is 20.8. The molecule has 2 aromatic carbocycles. The first kappa shape index (κ1) is 33.6. The lowest BCUT2D eigenvalue weighted by Gasteiger charge is -2.52. The minimum atomic E-state index is -5.47. The number of ether oxygens (including phenoxy) is 1. The molecule has 0 amide bonds. The maximum Gasteiger partial charge on any atom is 0.453 e. The number of hydrogen-bond donors (Lipinski definition) is 1. The normalized spacial score (nSPS) is 28.3. The van der Waals surface area contributed by atoms with Crippen molar-refractivity contribution in [3.05, 3.63) is 59.2 Å². The number of benzene rings is 2. The summed E-state index contributed by atoms with van der Waals surface area (Å²) in [5, 5.41) is 10.1. The van der Waals surface area contributed by atoms with Gasteiger partial charge in [0.2, 0.25) is 0 Å². The van der Waals surface area contributed by atoms with Crippen molar-refractivity contribution in [1.29, 1.82) is 0 Å². The third-order valence-electron chi connectivity index (χ3n) is 10.1. The predicted molar refractivity (Wildman–Crippen MR) is 167 cm³/mol. The Labute approximate surface area is 268 Å². The molecule has 0 aromatic heterocycles. The number of hydrogen-bond acceptors (Lipinski definition) is 4. The Hall–Kier alpha value is -1.81. The van der Waals surface area contributed by atoms with Crippen LogP contribution in [0.4, 0.5) is 22.0 Å². The molecule has 3 aliphatic carbocycles. The zero-order chi connectivity index (χ0) is 31.7. The van der Waals surface area contributed by atoms with Gasteiger partial charge in [-0.2, -0.15) is 33.7 Å². The van der Waals surface area contributed by atoms with E-state index in [9.17, 15) is 31.9 Å². The molecule has 0 spiro atoms. The van der Waals surface area contributed by atoms with Crippen molar-refractivity contribution in [1.82, 2.24) is 0 Å². The average Bonchev–Trinajstić information content (AvgIpc) is 3.21. The lowest BCUT2D eigenvalue weighted by atomic mass is 9.51. The van der Waals surface area contributed by atoms with E-state index < -0.39 is 18.5 Å². The zero-order valence-corrected chi connectivity index (χ0v) is 27.3. The van der Waals surface area contributed by atoms with E-state index in [1.165, 1.54) is 28.5 Å². The highest BCUT2D eigenvalue weighted by molar-refractivity contribution is 9.10. The molecule has 1 N–H and O–H groups in total. The summed E-state index contributed by atoms with van der Waals surface area (Å²) in [5.74, 6) is -1.01. The summed E-state index contributed by atoms with van der Waals surface area (Å²) in [4.78, 5) is 13.3. The molecule has 2 fully saturated rings. The SMILES string of the molecule is C[C@]12C[C@H](c3ccc(OCCCCCSCCCC(F)(F)C(F)(F)F)cc3)[C@@H]3c4ccc(O)cc4CC[C@H]3[C@@H]1C[C@@H](Br)C2=O. The highest BCUT2D eigenvalue weighted by atomic mass is 79.9. The van der Waals surface area contributed by atoms with E-state index in [1.54, 1.807) is 6.07 Å². The molecule has 10 heteroatoms. The summed E-state index contributed by atoms with van der Waals surface area (Å²) in [5.41, 5.74) is 3.34. The summed E-state index contributed by atoms with van der Waals surface area (Å²) in [6.45, 7) is 2.70. The highest BCUT2D eigenvalue weighted by Crippen LogP contribution is 2.64. The van der Waals surface area contributed by atoms with Gasteiger partial charge in [-0.3, -0.25) is 4.79 Å². The van der Waals surface area contributed by atoms with Gasteiger partial charge in [0.25, 0.3) is 0 Å². The number of carbonyl (C=O) groups is 1. The number of ketones is 1. The Balaban J connectivity index is 1.13. The van der Waals surface area contributed by atoms with Gasteiger partial charge in [-0.1, -0.05) is 41.1 Å².